The Morgan fingerprint density at radius 2 is 1.73 bits per heavy atom. The lowest BCUT2D eigenvalue weighted by Gasteiger charge is -2.15. The van der Waals surface area contributed by atoms with Crippen LogP contribution in [-0.2, 0) is 7.05 Å². The number of anilines is 2. The lowest BCUT2D eigenvalue weighted by Crippen LogP contribution is -2.21. The largest absolute Gasteiger partial charge is 0.322 e. The molecular weight excluding hydrogens is 278 g/mol. The molecule has 1 aromatic heterocycles. The van der Waals surface area contributed by atoms with Crippen molar-refractivity contribution in [1.82, 2.24) is 9.78 Å². The van der Waals surface area contributed by atoms with Crippen LogP contribution in [0.15, 0.2) is 40.6 Å². The van der Waals surface area contributed by atoms with Crippen LogP contribution in [-0.4, -0.2) is 23.9 Å². The molecule has 0 bridgehead atoms. The zero-order chi connectivity index (χ0) is 15.9. The van der Waals surface area contributed by atoms with Gasteiger partial charge >= 0.3 is 0 Å². The van der Waals surface area contributed by atoms with Gasteiger partial charge in [-0.15, -0.1) is 0 Å². The SMILES string of the molecule is CN1C(=C=Cc2c(C#N)[nH]n(C)c2=O)N(C)c2ccccc21. The topological polar surface area (TPSA) is 68.1 Å². The van der Waals surface area contributed by atoms with Gasteiger partial charge < -0.3 is 9.80 Å². The van der Waals surface area contributed by atoms with Crippen molar-refractivity contribution >= 4 is 17.5 Å². The van der Waals surface area contributed by atoms with E-state index in [1.165, 1.54) is 4.68 Å². The number of hydrogen-bond donors (Lipinski definition) is 1. The van der Waals surface area contributed by atoms with Crippen molar-refractivity contribution < 1.29 is 0 Å². The van der Waals surface area contributed by atoms with Gasteiger partial charge in [0.05, 0.1) is 16.9 Å². The molecule has 0 fully saturated rings. The molecule has 6 heteroatoms. The summed E-state index contributed by atoms with van der Waals surface area (Å²) in [6.07, 6.45) is 1.56. The lowest BCUT2D eigenvalue weighted by atomic mass is 10.2. The number of fused-ring (bicyclic) bond motifs is 1. The van der Waals surface area contributed by atoms with E-state index in [1.807, 2.05) is 54.2 Å². The molecule has 0 atom stereocenters. The third kappa shape index (κ3) is 1.93. The van der Waals surface area contributed by atoms with Crippen LogP contribution in [0.2, 0.25) is 0 Å². The second kappa shape index (κ2) is 4.99. The van der Waals surface area contributed by atoms with E-state index in [-0.39, 0.29) is 11.3 Å². The van der Waals surface area contributed by atoms with Crippen molar-refractivity contribution in [1.29, 1.82) is 5.26 Å². The van der Waals surface area contributed by atoms with Crippen LogP contribution in [0.3, 0.4) is 0 Å². The average molecular weight is 293 g/mol. The first kappa shape index (κ1) is 13.8. The van der Waals surface area contributed by atoms with Crippen molar-refractivity contribution in [2.45, 2.75) is 0 Å². The Hall–Kier alpha value is -3.16. The molecule has 0 spiro atoms. The zero-order valence-corrected chi connectivity index (χ0v) is 12.6. The van der Waals surface area contributed by atoms with Crippen molar-refractivity contribution in [3.63, 3.8) is 0 Å². The van der Waals surface area contributed by atoms with E-state index in [4.69, 9.17) is 5.26 Å². The second-order valence-electron chi connectivity index (χ2n) is 5.10. The second-order valence-corrected chi connectivity index (χ2v) is 5.10. The summed E-state index contributed by atoms with van der Waals surface area (Å²) in [6, 6.07) is 9.99. The predicted molar refractivity (Wildman–Crippen MR) is 85.5 cm³/mol. The summed E-state index contributed by atoms with van der Waals surface area (Å²) in [7, 11) is 5.47. The number of nitrogens with zero attached hydrogens (tertiary/aromatic N) is 4. The molecule has 22 heavy (non-hydrogen) atoms. The van der Waals surface area contributed by atoms with Crippen LogP contribution in [0.4, 0.5) is 11.4 Å². The van der Waals surface area contributed by atoms with E-state index >= 15 is 0 Å². The van der Waals surface area contributed by atoms with E-state index in [2.05, 4.69) is 10.8 Å². The molecule has 1 aliphatic heterocycles. The van der Waals surface area contributed by atoms with Gasteiger partial charge in [0.2, 0.25) is 0 Å². The minimum atomic E-state index is -0.245. The van der Waals surface area contributed by atoms with E-state index in [0.717, 1.165) is 17.2 Å². The third-order valence-corrected chi connectivity index (χ3v) is 3.78. The Balaban J connectivity index is 2.12. The fourth-order valence-electron chi connectivity index (χ4n) is 2.60. The molecule has 6 nitrogen and oxygen atoms in total. The van der Waals surface area contributed by atoms with Crippen molar-refractivity contribution in [2.24, 2.45) is 7.05 Å². The molecule has 0 amide bonds. The summed E-state index contributed by atoms with van der Waals surface area (Å²) in [5, 5.41) is 11.8. The van der Waals surface area contributed by atoms with Gasteiger partial charge in [-0.05, 0) is 18.2 Å². The van der Waals surface area contributed by atoms with E-state index in [9.17, 15) is 4.79 Å². The average Bonchev–Trinajstić information content (AvgIpc) is 2.94. The number of hydrogen-bond acceptors (Lipinski definition) is 4. The molecule has 110 valence electrons. The first-order valence-corrected chi connectivity index (χ1v) is 6.77. The molecule has 2 aromatic rings. The molecule has 3 rings (SSSR count). The molecule has 0 saturated heterocycles. The maximum absolute atomic E-state index is 12.0. The molecule has 1 aliphatic rings. The van der Waals surface area contributed by atoms with Crippen LogP contribution >= 0.6 is 0 Å². The maximum atomic E-state index is 12.0. The molecule has 0 saturated carbocycles. The number of nitrogens with one attached hydrogen (secondary N) is 1. The molecule has 0 unspecified atom stereocenters. The highest BCUT2D eigenvalue weighted by molar-refractivity contribution is 5.82. The molecular formula is C16H15N5O. The van der Waals surface area contributed by atoms with Crippen LogP contribution in [0.25, 0.3) is 6.08 Å². The minimum absolute atomic E-state index is 0.237. The third-order valence-electron chi connectivity index (χ3n) is 3.78. The molecule has 2 heterocycles. The summed E-state index contributed by atoms with van der Waals surface area (Å²) in [5.74, 6) is 0.813. The summed E-state index contributed by atoms with van der Waals surface area (Å²) >= 11 is 0. The molecule has 0 radical (unpaired) electrons. The van der Waals surface area contributed by atoms with Crippen molar-refractivity contribution in [3.05, 3.63) is 57.4 Å². The van der Waals surface area contributed by atoms with Gasteiger partial charge in [-0.25, -0.2) is 0 Å². The summed E-state index contributed by atoms with van der Waals surface area (Å²) < 4.78 is 1.29. The highest BCUT2D eigenvalue weighted by Crippen LogP contribution is 2.38. The number of aromatic amines is 1. The van der Waals surface area contributed by atoms with Gasteiger partial charge in [0.25, 0.3) is 5.56 Å². The fourth-order valence-corrected chi connectivity index (χ4v) is 2.60. The van der Waals surface area contributed by atoms with Crippen LogP contribution in [0.5, 0.6) is 0 Å². The highest BCUT2D eigenvalue weighted by atomic mass is 16.1. The molecule has 1 aromatic carbocycles. The van der Waals surface area contributed by atoms with Gasteiger partial charge in [-0.2, -0.15) is 5.26 Å². The number of aromatic nitrogens is 2. The number of benzene rings is 1. The van der Waals surface area contributed by atoms with E-state index in [0.29, 0.717) is 5.56 Å². The number of para-hydroxylation sites is 2. The van der Waals surface area contributed by atoms with Gasteiger partial charge in [0, 0.05) is 21.1 Å². The Bertz CT molecular complexity index is 874. The summed E-state index contributed by atoms with van der Waals surface area (Å²) in [5.41, 5.74) is 5.58. The van der Waals surface area contributed by atoms with Crippen molar-refractivity contribution in [2.75, 3.05) is 23.9 Å². The fraction of sp³-hybridized carbons (Fsp3) is 0.188. The lowest BCUT2D eigenvalue weighted by molar-refractivity contribution is 0.736. The van der Waals surface area contributed by atoms with Gasteiger partial charge in [0.1, 0.15) is 11.8 Å². The van der Waals surface area contributed by atoms with Gasteiger partial charge in [-0.1, -0.05) is 17.9 Å². The Morgan fingerprint density at radius 1 is 1.14 bits per heavy atom. The summed E-state index contributed by atoms with van der Waals surface area (Å²) in [6.45, 7) is 0. The minimum Gasteiger partial charge on any atom is -0.322 e. The first-order valence-electron chi connectivity index (χ1n) is 6.77. The number of aryl methyl sites for hydroxylation is 1. The molecule has 1 N–H and O–H groups in total. The number of nitriles is 1. The van der Waals surface area contributed by atoms with Crippen LogP contribution in [0, 0.1) is 11.3 Å². The Labute approximate surface area is 127 Å². The monoisotopic (exact) mass is 293 g/mol. The van der Waals surface area contributed by atoms with Gasteiger partial charge in [0.15, 0.2) is 5.82 Å². The normalized spacial score (nSPS) is 12.9. The van der Waals surface area contributed by atoms with Gasteiger partial charge in [-0.3, -0.25) is 14.6 Å². The Kier molecular flexibility index (Phi) is 3.13. The van der Waals surface area contributed by atoms with E-state index in [1.54, 1.807) is 13.1 Å². The number of H-pyrrole nitrogens is 1. The van der Waals surface area contributed by atoms with E-state index < -0.39 is 0 Å². The zero-order valence-electron chi connectivity index (χ0n) is 12.6. The quantitative estimate of drug-likeness (QED) is 0.811. The Morgan fingerprint density at radius 3 is 2.27 bits per heavy atom. The van der Waals surface area contributed by atoms with Crippen LogP contribution in [0.1, 0.15) is 11.3 Å². The highest BCUT2D eigenvalue weighted by Gasteiger charge is 2.25. The standard InChI is InChI=1S/C16H15N5O/c1-19-13-6-4-5-7-14(13)20(2)15(19)9-8-11-12(10-17)18-21(3)16(11)22/h4-8,18H,1-3H3. The number of rotatable bonds is 1. The molecule has 0 aliphatic carbocycles. The first-order chi connectivity index (χ1) is 10.5. The smallest absolute Gasteiger partial charge is 0.275 e. The van der Waals surface area contributed by atoms with Crippen molar-refractivity contribution in [3.8, 4) is 6.07 Å². The van der Waals surface area contributed by atoms with Crippen LogP contribution < -0.4 is 15.4 Å². The maximum Gasteiger partial charge on any atom is 0.275 e. The predicted octanol–water partition coefficient (Wildman–Crippen LogP) is 1.62. The summed E-state index contributed by atoms with van der Waals surface area (Å²) in [4.78, 5) is 16.0.